The van der Waals surface area contributed by atoms with Crippen molar-refractivity contribution < 1.29 is 14.3 Å². The zero-order valence-corrected chi connectivity index (χ0v) is 16.1. The van der Waals surface area contributed by atoms with E-state index in [4.69, 9.17) is 9.47 Å². The average Bonchev–Trinajstić information content (AvgIpc) is 3.15. The summed E-state index contributed by atoms with van der Waals surface area (Å²) >= 11 is 0. The summed E-state index contributed by atoms with van der Waals surface area (Å²) in [5, 5.41) is 6.47. The molecule has 0 spiro atoms. The van der Waals surface area contributed by atoms with Crippen LogP contribution in [0.3, 0.4) is 0 Å². The maximum absolute atomic E-state index is 12.4. The first kappa shape index (κ1) is 19.2. The van der Waals surface area contributed by atoms with Crippen LogP contribution in [0.2, 0.25) is 0 Å². The summed E-state index contributed by atoms with van der Waals surface area (Å²) in [7, 11) is 0. The van der Waals surface area contributed by atoms with Gasteiger partial charge in [-0.1, -0.05) is 19.1 Å². The van der Waals surface area contributed by atoms with Crippen LogP contribution in [-0.2, 0) is 16.1 Å². The minimum atomic E-state index is 0.117. The molecule has 2 N–H and O–H groups in total. The van der Waals surface area contributed by atoms with E-state index in [0.29, 0.717) is 31.4 Å². The quantitative estimate of drug-likeness (QED) is 0.785. The Balaban J connectivity index is 1.52. The first-order chi connectivity index (χ1) is 12.6. The summed E-state index contributed by atoms with van der Waals surface area (Å²) in [4.78, 5) is 12.4. The predicted molar refractivity (Wildman–Crippen MR) is 102 cm³/mol. The molecule has 2 unspecified atom stereocenters. The van der Waals surface area contributed by atoms with Gasteiger partial charge < -0.3 is 20.1 Å². The molecule has 0 saturated carbocycles. The van der Waals surface area contributed by atoms with Crippen molar-refractivity contribution in [2.45, 2.75) is 52.2 Å². The van der Waals surface area contributed by atoms with E-state index in [9.17, 15) is 4.79 Å². The molecule has 2 aliphatic rings. The third kappa shape index (κ3) is 5.45. The fraction of sp³-hybridized carbons (Fsp3) is 0.667. The van der Waals surface area contributed by atoms with Gasteiger partial charge in [-0.15, -0.1) is 0 Å². The highest BCUT2D eigenvalue weighted by Crippen LogP contribution is 2.25. The lowest BCUT2D eigenvalue weighted by Gasteiger charge is -2.28. The summed E-state index contributed by atoms with van der Waals surface area (Å²) in [6, 6.07) is 6.17. The molecule has 1 aromatic rings. The molecule has 144 valence electrons. The topological polar surface area (TPSA) is 59.6 Å². The van der Waals surface area contributed by atoms with Crippen LogP contribution in [0.25, 0.3) is 0 Å². The number of ether oxygens (including phenoxy) is 2. The number of piperidine rings is 1. The van der Waals surface area contributed by atoms with Crippen molar-refractivity contribution >= 4 is 5.91 Å². The van der Waals surface area contributed by atoms with Crippen LogP contribution < -0.4 is 15.4 Å². The van der Waals surface area contributed by atoms with Gasteiger partial charge in [0, 0.05) is 24.9 Å². The molecule has 26 heavy (non-hydrogen) atoms. The number of carbonyl (C=O) groups excluding carboxylic acids is 1. The fourth-order valence-electron chi connectivity index (χ4n) is 3.84. The summed E-state index contributed by atoms with van der Waals surface area (Å²) in [6.07, 6.45) is 3.99. The molecule has 1 amide bonds. The van der Waals surface area contributed by atoms with Crippen LogP contribution >= 0.6 is 0 Å². The van der Waals surface area contributed by atoms with Gasteiger partial charge in [-0.25, -0.2) is 0 Å². The molecule has 0 bridgehead atoms. The Morgan fingerprint density at radius 3 is 2.88 bits per heavy atom. The molecule has 2 aliphatic heterocycles. The number of hydrogen-bond donors (Lipinski definition) is 2. The molecule has 2 fully saturated rings. The second-order valence-electron chi connectivity index (χ2n) is 7.76. The van der Waals surface area contributed by atoms with E-state index in [0.717, 1.165) is 43.0 Å². The third-order valence-electron chi connectivity index (χ3n) is 5.58. The van der Waals surface area contributed by atoms with Gasteiger partial charge in [0.25, 0.3) is 0 Å². The molecular weight excluding hydrogens is 328 g/mol. The number of aryl methyl sites for hydroxylation is 1. The van der Waals surface area contributed by atoms with Gasteiger partial charge in [-0.3, -0.25) is 4.79 Å². The molecule has 5 nitrogen and oxygen atoms in total. The van der Waals surface area contributed by atoms with E-state index in [1.165, 1.54) is 12.8 Å². The van der Waals surface area contributed by atoms with Crippen molar-refractivity contribution in [2.75, 3.05) is 26.3 Å². The summed E-state index contributed by atoms with van der Waals surface area (Å²) in [6.45, 7) is 8.33. The van der Waals surface area contributed by atoms with Crippen molar-refractivity contribution in [1.29, 1.82) is 0 Å². The first-order valence-electron chi connectivity index (χ1n) is 9.93. The van der Waals surface area contributed by atoms with Crippen LogP contribution in [0.1, 0.15) is 43.7 Å². The normalized spacial score (nSPS) is 22.2. The molecule has 0 aromatic heterocycles. The number of hydrogen-bond acceptors (Lipinski definition) is 4. The minimum Gasteiger partial charge on any atom is -0.488 e. The SMILES string of the molecule is Cc1ccc(CNC(=O)CC(C)C2CCNCC2)c(OC2CCOC2)c1. The lowest BCUT2D eigenvalue weighted by atomic mass is 9.84. The van der Waals surface area contributed by atoms with E-state index in [2.05, 4.69) is 42.7 Å². The van der Waals surface area contributed by atoms with Crippen LogP contribution in [0, 0.1) is 18.8 Å². The largest absolute Gasteiger partial charge is 0.488 e. The molecule has 0 radical (unpaired) electrons. The van der Waals surface area contributed by atoms with Crippen LogP contribution in [-0.4, -0.2) is 38.3 Å². The molecule has 0 aliphatic carbocycles. The highest BCUT2D eigenvalue weighted by atomic mass is 16.5. The molecule has 5 heteroatoms. The average molecular weight is 360 g/mol. The smallest absolute Gasteiger partial charge is 0.220 e. The second-order valence-corrected chi connectivity index (χ2v) is 7.76. The second kappa shape index (κ2) is 9.38. The minimum absolute atomic E-state index is 0.117. The maximum Gasteiger partial charge on any atom is 0.220 e. The van der Waals surface area contributed by atoms with Crippen molar-refractivity contribution in [2.24, 2.45) is 11.8 Å². The lowest BCUT2D eigenvalue weighted by Crippen LogP contribution is -2.33. The Bertz CT molecular complexity index is 593. The molecule has 2 saturated heterocycles. The number of amides is 1. The third-order valence-corrected chi connectivity index (χ3v) is 5.58. The monoisotopic (exact) mass is 360 g/mol. The van der Waals surface area contributed by atoms with Crippen molar-refractivity contribution in [3.8, 4) is 5.75 Å². The van der Waals surface area contributed by atoms with Gasteiger partial charge in [0.2, 0.25) is 5.91 Å². The van der Waals surface area contributed by atoms with E-state index >= 15 is 0 Å². The molecule has 2 atom stereocenters. The highest BCUT2D eigenvalue weighted by molar-refractivity contribution is 5.76. The molecular formula is C21H32N2O3. The van der Waals surface area contributed by atoms with Gasteiger partial charge >= 0.3 is 0 Å². The predicted octanol–water partition coefficient (Wildman–Crippen LogP) is 2.80. The Morgan fingerprint density at radius 1 is 1.35 bits per heavy atom. The van der Waals surface area contributed by atoms with E-state index in [1.54, 1.807) is 0 Å². The standard InChI is InChI=1S/C21H32N2O3/c1-15-3-4-18(20(11-15)26-19-7-10-25-14-19)13-23-21(24)12-16(2)17-5-8-22-9-6-17/h3-4,11,16-17,19,22H,5-10,12-14H2,1-2H3,(H,23,24). The lowest BCUT2D eigenvalue weighted by molar-refractivity contribution is -0.122. The number of nitrogens with one attached hydrogen (secondary N) is 2. The van der Waals surface area contributed by atoms with E-state index in [-0.39, 0.29) is 12.0 Å². The van der Waals surface area contributed by atoms with Crippen molar-refractivity contribution in [3.05, 3.63) is 29.3 Å². The van der Waals surface area contributed by atoms with Gasteiger partial charge in [-0.05, 0) is 56.3 Å². The first-order valence-corrected chi connectivity index (χ1v) is 9.93. The Kier molecular flexibility index (Phi) is 6.92. The van der Waals surface area contributed by atoms with Crippen molar-refractivity contribution in [1.82, 2.24) is 10.6 Å². The zero-order valence-electron chi connectivity index (χ0n) is 16.1. The number of rotatable bonds is 7. The van der Waals surface area contributed by atoms with Gasteiger partial charge in [-0.2, -0.15) is 0 Å². The van der Waals surface area contributed by atoms with Crippen LogP contribution in [0.5, 0.6) is 5.75 Å². The van der Waals surface area contributed by atoms with Crippen LogP contribution in [0.15, 0.2) is 18.2 Å². The highest BCUT2D eigenvalue weighted by Gasteiger charge is 2.22. The van der Waals surface area contributed by atoms with Gasteiger partial charge in [0.15, 0.2) is 0 Å². The van der Waals surface area contributed by atoms with Gasteiger partial charge in [0.05, 0.1) is 13.2 Å². The fourth-order valence-corrected chi connectivity index (χ4v) is 3.84. The number of benzene rings is 1. The Labute approximate surface area is 156 Å². The summed E-state index contributed by atoms with van der Waals surface area (Å²) < 4.78 is 11.5. The maximum atomic E-state index is 12.4. The van der Waals surface area contributed by atoms with Gasteiger partial charge in [0.1, 0.15) is 11.9 Å². The summed E-state index contributed by atoms with van der Waals surface area (Å²) in [5.74, 6) is 2.09. The Morgan fingerprint density at radius 2 is 2.15 bits per heavy atom. The summed E-state index contributed by atoms with van der Waals surface area (Å²) in [5.41, 5.74) is 2.19. The van der Waals surface area contributed by atoms with Crippen molar-refractivity contribution in [3.63, 3.8) is 0 Å². The molecule has 3 rings (SSSR count). The zero-order chi connectivity index (χ0) is 18.4. The van der Waals surface area contributed by atoms with E-state index in [1.807, 2.05) is 0 Å². The molecule has 1 aromatic carbocycles. The van der Waals surface area contributed by atoms with Crippen LogP contribution in [0.4, 0.5) is 0 Å². The molecule has 2 heterocycles. The van der Waals surface area contributed by atoms with E-state index < -0.39 is 0 Å². The Hall–Kier alpha value is -1.59. The number of carbonyl (C=O) groups is 1.